The minimum atomic E-state index is -0.324. The van der Waals surface area contributed by atoms with Crippen LogP contribution in [-0.2, 0) is 11.8 Å². The van der Waals surface area contributed by atoms with Gasteiger partial charge in [-0.3, -0.25) is 9.59 Å². The Morgan fingerprint density at radius 1 is 1.36 bits per heavy atom. The first-order valence-electron chi connectivity index (χ1n) is 10.0. The number of aliphatic hydroxyl groups excluding tert-OH is 1. The number of piperidine rings is 1. The number of nitrogens with zero attached hydrogens (tertiary/aromatic N) is 3. The highest BCUT2D eigenvalue weighted by atomic mass is 16.5. The zero-order valence-corrected chi connectivity index (χ0v) is 16.4. The highest BCUT2D eigenvalue weighted by Gasteiger charge is 2.43. The lowest BCUT2D eigenvalue weighted by Gasteiger charge is -2.47. The molecule has 0 bridgehead atoms. The molecule has 1 aromatic carbocycles. The second kappa shape index (κ2) is 7.29. The number of aliphatic hydroxyl groups is 1. The Balaban J connectivity index is 1.49. The van der Waals surface area contributed by atoms with Crippen LogP contribution in [0.25, 0.3) is 10.9 Å². The lowest BCUT2D eigenvalue weighted by Crippen LogP contribution is -2.53. The third-order valence-corrected chi connectivity index (χ3v) is 6.14. The topological polar surface area (TPSA) is 84.7 Å². The third-order valence-electron chi connectivity index (χ3n) is 6.14. The maximum absolute atomic E-state index is 13.0. The Hall–Kier alpha value is -2.25. The minimum Gasteiger partial charge on any atom is -0.393 e. The van der Waals surface area contributed by atoms with E-state index in [1.807, 2.05) is 4.90 Å². The van der Waals surface area contributed by atoms with E-state index >= 15 is 0 Å². The molecule has 7 heteroatoms. The second-order valence-electron chi connectivity index (χ2n) is 8.11. The summed E-state index contributed by atoms with van der Waals surface area (Å²) in [5.41, 5.74) is 0.640. The zero-order chi connectivity index (χ0) is 19.9. The van der Waals surface area contributed by atoms with Gasteiger partial charge in [-0.05, 0) is 43.9 Å². The minimum absolute atomic E-state index is 0.0531. The average molecular weight is 385 g/mol. The third kappa shape index (κ3) is 3.44. The summed E-state index contributed by atoms with van der Waals surface area (Å²) in [5, 5.41) is 10.7. The number of aromatic nitrogens is 2. The quantitative estimate of drug-likeness (QED) is 0.853. The molecule has 150 valence electrons. The predicted molar refractivity (Wildman–Crippen MR) is 105 cm³/mol. The van der Waals surface area contributed by atoms with Gasteiger partial charge in [0.2, 0.25) is 0 Å². The van der Waals surface area contributed by atoms with Gasteiger partial charge in [0.25, 0.3) is 11.5 Å². The first-order chi connectivity index (χ1) is 13.4. The van der Waals surface area contributed by atoms with Crippen molar-refractivity contribution in [3.63, 3.8) is 0 Å². The molecular formula is C21H27N3O4. The van der Waals surface area contributed by atoms with Crippen molar-refractivity contribution in [3.05, 3.63) is 40.4 Å². The van der Waals surface area contributed by atoms with Gasteiger partial charge in [0.1, 0.15) is 0 Å². The van der Waals surface area contributed by atoms with E-state index in [9.17, 15) is 14.7 Å². The molecule has 1 aromatic heterocycles. The molecule has 2 atom stereocenters. The van der Waals surface area contributed by atoms with Gasteiger partial charge in [-0.1, -0.05) is 6.92 Å². The number of ether oxygens (including phenoxy) is 1. The van der Waals surface area contributed by atoms with Crippen LogP contribution in [0, 0.1) is 0 Å². The number of hydrogen-bond donors (Lipinski definition) is 1. The second-order valence-corrected chi connectivity index (χ2v) is 8.11. The van der Waals surface area contributed by atoms with Crippen molar-refractivity contribution >= 4 is 16.8 Å². The Kier molecular flexibility index (Phi) is 4.97. The van der Waals surface area contributed by atoms with E-state index in [-0.39, 0.29) is 29.3 Å². The molecule has 2 saturated heterocycles. The maximum Gasteiger partial charge on any atom is 0.260 e. The van der Waals surface area contributed by atoms with Gasteiger partial charge < -0.3 is 19.3 Å². The van der Waals surface area contributed by atoms with Crippen LogP contribution in [0.4, 0.5) is 0 Å². The molecule has 3 heterocycles. The van der Waals surface area contributed by atoms with E-state index in [0.717, 1.165) is 19.3 Å². The van der Waals surface area contributed by atoms with Gasteiger partial charge in [-0.15, -0.1) is 0 Å². The lowest BCUT2D eigenvalue weighted by molar-refractivity contribution is -0.179. The van der Waals surface area contributed by atoms with Crippen molar-refractivity contribution in [1.29, 1.82) is 0 Å². The van der Waals surface area contributed by atoms with Crippen molar-refractivity contribution in [2.45, 2.75) is 56.8 Å². The molecule has 0 radical (unpaired) electrons. The Bertz CT molecular complexity index is 946. The summed E-state index contributed by atoms with van der Waals surface area (Å²) in [6.07, 6.45) is 4.95. The van der Waals surface area contributed by atoms with E-state index in [4.69, 9.17) is 4.74 Å². The lowest BCUT2D eigenvalue weighted by atomic mass is 9.81. The highest BCUT2D eigenvalue weighted by molar-refractivity contribution is 5.97. The first kappa shape index (κ1) is 19.1. The van der Waals surface area contributed by atoms with E-state index in [1.165, 1.54) is 10.9 Å². The fourth-order valence-electron chi connectivity index (χ4n) is 4.48. The van der Waals surface area contributed by atoms with E-state index in [0.29, 0.717) is 42.4 Å². The van der Waals surface area contributed by atoms with Gasteiger partial charge in [-0.25, -0.2) is 4.98 Å². The van der Waals surface area contributed by atoms with E-state index in [1.54, 1.807) is 25.2 Å². The Morgan fingerprint density at radius 2 is 2.11 bits per heavy atom. The molecule has 28 heavy (non-hydrogen) atoms. The molecule has 1 spiro atoms. The molecule has 4 rings (SSSR count). The number of rotatable bonds is 2. The van der Waals surface area contributed by atoms with Crippen LogP contribution >= 0.6 is 0 Å². The number of amides is 1. The maximum atomic E-state index is 13.0. The van der Waals surface area contributed by atoms with Crippen molar-refractivity contribution in [3.8, 4) is 0 Å². The van der Waals surface area contributed by atoms with Crippen LogP contribution < -0.4 is 5.56 Å². The number of fused-ring (bicyclic) bond motifs is 1. The molecule has 2 fully saturated rings. The molecule has 2 aliphatic rings. The zero-order valence-electron chi connectivity index (χ0n) is 16.4. The van der Waals surface area contributed by atoms with Gasteiger partial charge in [-0.2, -0.15) is 0 Å². The highest BCUT2D eigenvalue weighted by Crippen LogP contribution is 2.38. The van der Waals surface area contributed by atoms with Crippen molar-refractivity contribution in [2.75, 3.05) is 13.1 Å². The number of hydrogen-bond acceptors (Lipinski definition) is 5. The van der Waals surface area contributed by atoms with Crippen molar-refractivity contribution in [2.24, 2.45) is 7.05 Å². The normalized spacial score (nSPS) is 24.6. The smallest absolute Gasteiger partial charge is 0.260 e. The summed E-state index contributed by atoms with van der Waals surface area (Å²) in [4.78, 5) is 31.2. The average Bonchev–Trinajstić information content (AvgIpc) is 2.70. The number of likely N-dealkylation sites (tertiary alicyclic amines) is 1. The Labute approximate surface area is 163 Å². The SMILES string of the molecule is CC[C@H]1C[C@@H](O)CC2(CCN(C(=O)c3ccc4c(=O)n(C)cnc4c3)CC2)O1. The van der Waals surface area contributed by atoms with Crippen molar-refractivity contribution < 1.29 is 14.6 Å². The van der Waals surface area contributed by atoms with Gasteiger partial charge >= 0.3 is 0 Å². The number of benzene rings is 1. The summed E-state index contributed by atoms with van der Waals surface area (Å²) >= 11 is 0. The standard InChI is InChI=1S/C21H27N3O4/c1-3-16-11-15(25)12-21(28-16)6-8-24(9-7-21)19(26)14-4-5-17-18(10-14)22-13-23(2)20(17)27/h4-5,10,13,15-16,25H,3,6-9,11-12H2,1-2H3/t15-,16+/m1/s1. The van der Waals surface area contributed by atoms with Gasteiger partial charge in [0.15, 0.2) is 0 Å². The number of aryl methyl sites for hydroxylation is 1. The molecule has 1 N–H and O–H groups in total. The van der Waals surface area contributed by atoms with E-state index < -0.39 is 0 Å². The number of carbonyl (C=O) groups is 1. The molecule has 0 aliphatic carbocycles. The monoisotopic (exact) mass is 385 g/mol. The summed E-state index contributed by atoms with van der Waals surface area (Å²) < 4.78 is 7.73. The fraction of sp³-hybridized carbons (Fsp3) is 0.571. The molecule has 2 aliphatic heterocycles. The van der Waals surface area contributed by atoms with Crippen LogP contribution in [0.15, 0.2) is 29.3 Å². The molecule has 0 saturated carbocycles. The largest absolute Gasteiger partial charge is 0.393 e. The van der Waals surface area contributed by atoms with Crippen LogP contribution in [0.2, 0.25) is 0 Å². The summed E-state index contributed by atoms with van der Waals surface area (Å²) in [6.45, 7) is 3.28. The van der Waals surface area contributed by atoms with Gasteiger partial charge in [0, 0.05) is 32.1 Å². The molecular weight excluding hydrogens is 358 g/mol. The van der Waals surface area contributed by atoms with Crippen LogP contribution in [-0.4, -0.2) is 56.4 Å². The first-order valence-corrected chi connectivity index (χ1v) is 10.0. The molecule has 2 aromatic rings. The van der Waals surface area contributed by atoms with Crippen LogP contribution in [0.1, 0.15) is 49.4 Å². The number of carbonyl (C=O) groups excluding carboxylic acids is 1. The molecule has 1 amide bonds. The van der Waals surface area contributed by atoms with Crippen LogP contribution in [0.3, 0.4) is 0 Å². The summed E-state index contributed by atoms with van der Waals surface area (Å²) in [7, 11) is 1.66. The van der Waals surface area contributed by atoms with Crippen molar-refractivity contribution in [1.82, 2.24) is 14.5 Å². The van der Waals surface area contributed by atoms with Crippen LogP contribution in [0.5, 0.6) is 0 Å². The summed E-state index contributed by atoms with van der Waals surface area (Å²) in [5.74, 6) is -0.0531. The predicted octanol–water partition coefficient (Wildman–Crippen LogP) is 1.86. The Morgan fingerprint density at radius 3 is 2.82 bits per heavy atom. The fourth-order valence-corrected chi connectivity index (χ4v) is 4.48. The molecule has 0 unspecified atom stereocenters. The van der Waals surface area contributed by atoms with E-state index in [2.05, 4.69) is 11.9 Å². The summed E-state index contributed by atoms with van der Waals surface area (Å²) in [6, 6.07) is 5.07. The van der Waals surface area contributed by atoms with Gasteiger partial charge in [0.05, 0.1) is 35.0 Å². The molecule has 7 nitrogen and oxygen atoms in total.